The molecule has 1 atom stereocenters. The first kappa shape index (κ1) is 20.8. The van der Waals surface area contributed by atoms with Gasteiger partial charge in [0.15, 0.2) is 5.65 Å². The number of morpholine rings is 1. The highest BCUT2D eigenvalue weighted by Crippen LogP contribution is 2.27. The normalized spacial score (nSPS) is 15.8. The first-order valence-electron chi connectivity index (χ1n) is 11.2. The lowest BCUT2D eigenvalue weighted by molar-refractivity contribution is 0.0384. The fourth-order valence-electron chi connectivity index (χ4n) is 4.17. The summed E-state index contributed by atoms with van der Waals surface area (Å²) in [6.45, 7) is 6.58. The number of aromatic nitrogens is 3. The highest BCUT2D eigenvalue weighted by atomic mass is 16.5. The Morgan fingerprint density at radius 3 is 2.59 bits per heavy atom. The van der Waals surface area contributed by atoms with E-state index in [-0.39, 0.29) is 0 Å². The van der Waals surface area contributed by atoms with E-state index in [2.05, 4.69) is 34.3 Å². The van der Waals surface area contributed by atoms with E-state index in [0.29, 0.717) is 0 Å². The zero-order chi connectivity index (χ0) is 21.9. The molecular formula is C26H28N4O2. The maximum Gasteiger partial charge on any atom is 0.162 e. The predicted molar refractivity (Wildman–Crippen MR) is 125 cm³/mol. The van der Waals surface area contributed by atoms with E-state index in [1.54, 1.807) is 6.92 Å². The van der Waals surface area contributed by atoms with Crippen molar-refractivity contribution < 1.29 is 9.84 Å². The van der Waals surface area contributed by atoms with Crippen molar-refractivity contribution in [2.75, 3.05) is 32.8 Å². The van der Waals surface area contributed by atoms with Crippen molar-refractivity contribution in [3.63, 3.8) is 0 Å². The number of nitrogens with zero attached hydrogens (tertiary/aromatic N) is 4. The maximum absolute atomic E-state index is 9.90. The fourth-order valence-corrected chi connectivity index (χ4v) is 4.17. The van der Waals surface area contributed by atoms with Crippen molar-refractivity contribution in [1.29, 1.82) is 0 Å². The van der Waals surface area contributed by atoms with Gasteiger partial charge in [0.1, 0.15) is 0 Å². The van der Waals surface area contributed by atoms with Gasteiger partial charge in [-0.15, -0.1) is 0 Å². The topological polar surface area (TPSA) is 62.9 Å². The molecule has 2 aromatic carbocycles. The second-order valence-electron chi connectivity index (χ2n) is 8.37. The second-order valence-corrected chi connectivity index (χ2v) is 8.37. The number of aliphatic hydroxyl groups is 1. The van der Waals surface area contributed by atoms with Crippen LogP contribution in [0.3, 0.4) is 0 Å². The third-order valence-electron chi connectivity index (χ3n) is 6.14. The minimum atomic E-state index is -0.506. The van der Waals surface area contributed by atoms with E-state index in [0.717, 1.165) is 72.7 Å². The highest BCUT2D eigenvalue weighted by Gasteiger charge is 2.12. The molecule has 1 aliphatic heterocycles. The Hall–Kier alpha value is -3.06. The quantitative estimate of drug-likeness (QED) is 0.503. The van der Waals surface area contributed by atoms with E-state index in [1.807, 2.05) is 47.4 Å². The average molecular weight is 429 g/mol. The molecule has 32 heavy (non-hydrogen) atoms. The largest absolute Gasteiger partial charge is 0.389 e. The SMILES string of the molecule is C[C@@H](O)c1cccc(-c2cnn3cc(-c4ccc(CCN5CCOCC5)cc4)cnc23)c1. The number of benzene rings is 2. The number of fused-ring (bicyclic) bond motifs is 1. The van der Waals surface area contributed by atoms with Crippen molar-refractivity contribution in [3.05, 3.63) is 78.2 Å². The van der Waals surface area contributed by atoms with Gasteiger partial charge in [0.25, 0.3) is 0 Å². The maximum atomic E-state index is 9.90. The lowest BCUT2D eigenvalue weighted by Crippen LogP contribution is -2.37. The third-order valence-corrected chi connectivity index (χ3v) is 6.14. The first-order chi connectivity index (χ1) is 15.7. The summed E-state index contributed by atoms with van der Waals surface area (Å²) in [6, 6.07) is 16.6. The highest BCUT2D eigenvalue weighted by molar-refractivity contribution is 5.78. The standard InChI is InChI=1S/C26H28N4O2/c1-19(31)22-3-2-4-23(15-22)25-17-28-30-18-24(16-27-26(25)30)21-7-5-20(6-8-21)9-10-29-11-13-32-14-12-29/h2-8,15-19,31H,9-14H2,1H3/t19-/m1/s1. The molecule has 164 valence electrons. The number of hydrogen-bond donors (Lipinski definition) is 1. The molecule has 1 fully saturated rings. The van der Waals surface area contributed by atoms with Gasteiger partial charge in [0, 0.05) is 43.2 Å². The monoisotopic (exact) mass is 428 g/mol. The summed E-state index contributed by atoms with van der Waals surface area (Å²) in [7, 11) is 0. The molecule has 0 aliphatic carbocycles. The van der Waals surface area contributed by atoms with Gasteiger partial charge in [0.2, 0.25) is 0 Å². The van der Waals surface area contributed by atoms with Gasteiger partial charge in [-0.25, -0.2) is 9.50 Å². The Labute approximate surface area is 188 Å². The van der Waals surface area contributed by atoms with Gasteiger partial charge in [-0.2, -0.15) is 5.10 Å². The fraction of sp³-hybridized carbons (Fsp3) is 0.308. The average Bonchev–Trinajstić information content (AvgIpc) is 3.27. The summed E-state index contributed by atoms with van der Waals surface area (Å²) >= 11 is 0. The number of aliphatic hydroxyl groups excluding tert-OH is 1. The van der Waals surface area contributed by atoms with Crippen molar-refractivity contribution in [1.82, 2.24) is 19.5 Å². The van der Waals surface area contributed by atoms with Crippen LogP contribution in [0.15, 0.2) is 67.1 Å². The Morgan fingerprint density at radius 1 is 1.00 bits per heavy atom. The number of ether oxygens (including phenoxy) is 1. The summed E-state index contributed by atoms with van der Waals surface area (Å²) in [4.78, 5) is 7.17. The summed E-state index contributed by atoms with van der Waals surface area (Å²) in [5, 5.41) is 14.4. The third kappa shape index (κ3) is 4.43. The van der Waals surface area contributed by atoms with E-state index in [9.17, 15) is 5.11 Å². The Kier molecular flexibility index (Phi) is 5.99. The Bertz CT molecular complexity index is 1190. The molecule has 0 saturated carbocycles. The molecule has 5 rings (SSSR count). The van der Waals surface area contributed by atoms with E-state index >= 15 is 0 Å². The molecule has 4 aromatic rings. The molecule has 0 unspecified atom stereocenters. The smallest absolute Gasteiger partial charge is 0.162 e. The van der Waals surface area contributed by atoms with Gasteiger partial charge in [0.05, 0.1) is 25.5 Å². The van der Waals surface area contributed by atoms with Crippen molar-refractivity contribution in [2.45, 2.75) is 19.4 Å². The molecule has 6 heteroatoms. The van der Waals surface area contributed by atoms with E-state index in [4.69, 9.17) is 9.72 Å². The molecule has 1 aliphatic rings. The van der Waals surface area contributed by atoms with Gasteiger partial charge < -0.3 is 9.84 Å². The van der Waals surface area contributed by atoms with Crippen LogP contribution in [-0.2, 0) is 11.2 Å². The van der Waals surface area contributed by atoms with Crippen LogP contribution in [0.25, 0.3) is 27.9 Å². The summed E-state index contributed by atoms with van der Waals surface area (Å²) in [5.41, 5.74) is 7.15. The van der Waals surface area contributed by atoms with Gasteiger partial charge in [-0.3, -0.25) is 4.90 Å². The molecule has 1 saturated heterocycles. The van der Waals surface area contributed by atoms with Crippen LogP contribution in [0.4, 0.5) is 0 Å². The molecule has 6 nitrogen and oxygen atoms in total. The van der Waals surface area contributed by atoms with E-state index < -0.39 is 6.10 Å². The van der Waals surface area contributed by atoms with Crippen molar-refractivity contribution >= 4 is 5.65 Å². The molecular weight excluding hydrogens is 400 g/mol. The van der Waals surface area contributed by atoms with Crippen LogP contribution in [0, 0.1) is 0 Å². The summed E-state index contributed by atoms with van der Waals surface area (Å²) in [6.07, 6.45) is 6.30. The molecule has 0 radical (unpaired) electrons. The van der Waals surface area contributed by atoms with Crippen LogP contribution >= 0.6 is 0 Å². The minimum absolute atomic E-state index is 0.506. The van der Waals surface area contributed by atoms with Gasteiger partial charge >= 0.3 is 0 Å². The van der Waals surface area contributed by atoms with Crippen LogP contribution in [0.5, 0.6) is 0 Å². The zero-order valence-electron chi connectivity index (χ0n) is 18.3. The molecule has 0 amide bonds. The van der Waals surface area contributed by atoms with Gasteiger partial charge in [-0.05, 0) is 41.7 Å². The predicted octanol–water partition coefficient (Wildman–Crippen LogP) is 3.99. The van der Waals surface area contributed by atoms with Crippen LogP contribution in [0.1, 0.15) is 24.2 Å². The minimum Gasteiger partial charge on any atom is -0.389 e. The summed E-state index contributed by atoms with van der Waals surface area (Å²) in [5.74, 6) is 0. The van der Waals surface area contributed by atoms with E-state index in [1.165, 1.54) is 5.56 Å². The first-order valence-corrected chi connectivity index (χ1v) is 11.2. The van der Waals surface area contributed by atoms with Crippen LogP contribution in [-0.4, -0.2) is 57.5 Å². The molecule has 2 aromatic heterocycles. The lowest BCUT2D eigenvalue weighted by Gasteiger charge is -2.26. The lowest BCUT2D eigenvalue weighted by atomic mass is 10.0. The number of rotatable bonds is 6. The second kappa shape index (κ2) is 9.20. The van der Waals surface area contributed by atoms with Crippen LogP contribution in [0.2, 0.25) is 0 Å². The van der Waals surface area contributed by atoms with Gasteiger partial charge in [-0.1, -0.05) is 42.5 Å². The molecule has 3 heterocycles. The zero-order valence-corrected chi connectivity index (χ0v) is 18.3. The van der Waals surface area contributed by atoms with Crippen molar-refractivity contribution in [3.8, 4) is 22.3 Å². The summed E-state index contributed by atoms with van der Waals surface area (Å²) < 4.78 is 7.25. The van der Waals surface area contributed by atoms with Crippen LogP contribution < -0.4 is 0 Å². The Morgan fingerprint density at radius 2 is 1.81 bits per heavy atom. The molecule has 1 N–H and O–H groups in total. The Balaban J connectivity index is 1.33. The van der Waals surface area contributed by atoms with Crippen molar-refractivity contribution in [2.24, 2.45) is 0 Å². The number of hydrogen-bond acceptors (Lipinski definition) is 5. The molecule has 0 bridgehead atoms. The molecule has 0 spiro atoms.